The van der Waals surface area contributed by atoms with Crippen LogP contribution in [0.25, 0.3) is 0 Å². The number of carbonyl (C=O) groups excluding carboxylic acids is 1. The molecular weight excluding hydrogens is 258 g/mol. The minimum absolute atomic E-state index is 0.0500. The molecule has 0 aromatic heterocycles. The SMILES string of the molecule is COc1cc(O)c2c(c1)C(=O)N(c1ccc(O)cc1)C2. The molecular formula is C15H13NO4. The summed E-state index contributed by atoms with van der Waals surface area (Å²) in [6.45, 7) is 0.300. The quantitative estimate of drug-likeness (QED) is 0.879. The summed E-state index contributed by atoms with van der Waals surface area (Å²) in [4.78, 5) is 13.9. The van der Waals surface area contributed by atoms with Gasteiger partial charge in [0.2, 0.25) is 0 Å². The molecule has 0 saturated carbocycles. The van der Waals surface area contributed by atoms with Crippen LogP contribution in [0.1, 0.15) is 15.9 Å². The molecule has 2 N–H and O–H groups in total. The number of carbonyl (C=O) groups is 1. The summed E-state index contributed by atoms with van der Waals surface area (Å²) in [7, 11) is 1.48. The van der Waals surface area contributed by atoms with Gasteiger partial charge >= 0.3 is 0 Å². The van der Waals surface area contributed by atoms with Crippen molar-refractivity contribution in [3.05, 3.63) is 47.5 Å². The van der Waals surface area contributed by atoms with Crippen LogP contribution >= 0.6 is 0 Å². The molecule has 2 aromatic carbocycles. The van der Waals surface area contributed by atoms with Crippen molar-refractivity contribution >= 4 is 11.6 Å². The summed E-state index contributed by atoms with van der Waals surface area (Å²) in [5.41, 5.74) is 1.70. The lowest BCUT2D eigenvalue weighted by atomic mass is 10.1. The number of amides is 1. The van der Waals surface area contributed by atoms with Crippen molar-refractivity contribution < 1.29 is 19.7 Å². The molecule has 0 aliphatic carbocycles. The van der Waals surface area contributed by atoms with Crippen LogP contribution in [0.3, 0.4) is 0 Å². The highest BCUT2D eigenvalue weighted by molar-refractivity contribution is 6.10. The van der Waals surface area contributed by atoms with Crippen molar-refractivity contribution in [3.63, 3.8) is 0 Å². The Bertz CT molecular complexity index is 679. The Balaban J connectivity index is 2.02. The first kappa shape index (κ1) is 12.3. The van der Waals surface area contributed by atoms with E-state index in [2.05, 4.69) is 0 Å². The second-order valence-corrected chi connectivity index (χ2v) is 4.58. The standard InChI is InChI=1S/C15H13NO4/c1-20-11-6-12-13(14(18)7-11)8-16(15(12)19)9-2-4-10(17)5-3-9/h2-7,17-18H,8H2,1H3. The van der Waals surface area contributed by atoms with E-state index >= 15 is 0 Å². The van der Waals surface area contributed by atoms with Gasteiger partial charge in [-0.05, 0) is 30.3 Å². The predicted molar refractivity (Wildman–Crippen MR) is 73.3 cm³/mol. The van der Waals surface area contributed by atoms with Gasteiger partial charge in [0.05, 0.1) is 19.2 Å². The number of ether oxygens (including phenoxy) is 1. The molecule has 3 rings (SSSR count). The first-order valence-corrected chi connectivity index (χ1v) is 6.11. The van der Waals surface area contributed by atoms with Crippen molar-refractivity contribution in [1.82, 2.24) is 0 Å². The molecule has 1 heterocycles. The molecule has 0 bridgehead atoms. The van der Waals surface area contributed by atoms with Crippen LogP contribution in [0, 0.1) is 0 Å². The summed E-state index contributed by atoms with van der Waals surface area (Å²) in [6, 6.07) is 9.48. The number of aromatic hydroxyl groups is 2. The largest absolute Gasteiger partial charge is 0.508 e. The number of methoxy groups -OCH3 is 1. The van der Waals surface area contributed by atoms with Crippen molar-refractivity contribution in [2.24, 2.45) is 0 Å². The van der Waals surface area contributed by atoms with Gasteiger partial charge in [-0.2, -0.15) is 0 Å². The van der Waals surface area contributed by atoms with Gasteiger partial charge in [0.1, 0.15) is 17.2 Å². The Kier molecular flexibility index (Phi) is 2.75. The van der Waals surface area contributed by atoms with E-state index in [4.69, 9.17) is 4.74 Å². The lowest BCUT2D eigenvalue weighted by Gasteiger charge is -2.15. The highest BCUT2D eigenvalue weighted by Crippen LogP contribution is 2.36. The zero-order valence-corrected chi connectivity index (χ0v) is 10.8. The molecule has 0 saturated heterocycles. The number of nitrogens with zero attached hydrogens (tertiary/aromatic N) is 1. The van der Waals surface area contributed by atoms with E-state index in [1.165, 1.54) is 25.3 Å². The normalized spacial score (nSPS) is 13.4. The third kappa shape index (κ3) is 1.84. The summed E-state index contributed by atoms with van der Waals surface area (Å²) < 4.78 is 5.06. The minimum atomic E-state index is -0.195. The Morgan fingerprint density at radius 3 is 2.50 bits per heavy atom. The second kappa shape index (κ2) is 4.45. The predicted octanol–water partition coefficient (Wildman–Crippen LogP) is 2.27. The summed E-state index contributed by atoms with van der Waals surface area (Å²) in [5.74, 6) is 0.443. The van der Waals surface area contributed by atoms with Crippen molar-refractivity contribution in [1.29, 1.82) is 0 Å². The molecule has 20 heavy (non-hydrogen) atoms. The van der Waals surface area contributed by atoms with Gasteiger partial charge in [0.25, 0.3) is 5.91 Å². The third-order valence-electron chi connectivity index (χ3n) is 3.39. The molecule has 1 amide bonds. The fourth-order valence-electron chi connectivity index (χ4n) is 2.32. The molecule has 0 unspecified atom stereocenters. The van der Waals surface area contributed by atoms with Crippen molar-refractivity contribution in [2.45, 2.75) is 6.54 Å². The van der Waals surface area contributed by atoms with Crippen LogP contribution < -0.4 is 9.64 Å². The van der Waals surface area contributed by atoms with Crippen LogP contribution in [0.4, 0.5) is 5.69 Å². The van der Waals surface area contributed by atoms with Crippen molar-refractivity contribution in [3.8, 4) is 17.2 Å². The monoisotopic (exact) mass is 271 g/mol. The van der Waals surface area contributed by atoms with E-state index in [1.54, 1.807) is 23.1 Å². The Morgan fingerprint density at radius 2 is 1.85 bits per heavy atom. The molecule has 0 fully saturated rings. The molecule has 0 atom stereocenters. The Hall–Kier alpha value is -2.69. The van der Waals surface area contributed by atoms with E-state index in [-0.39, 0.29) is 17.4 Å². The molecule has 1 aliphatic heterocycles. The van der Waals surface area contributed by atoms with E-state index in [0.717, 1.165) is 0 Å². The number of rotatable bonds is 2. The van der Waals surface area contributed by atoms with Crippen LogP contribution in [0.2, 0.25) is 0 Å². The molecule has 5 heteroatoms. The van der Waals surface area contributed by atoms with Crippen LogP contribution in [0.5, 0.6) is 17.2 Å². The third-order valence-corrected chi connectivity index (χ3v) is 3.39. The van der Waals surface area contributed by atoms with Crippen LogP contribution in [0.15, 0.2) is 36.4 Å². The molecule has 2 aromatic rings. The first-order chi connectivity index (χ1) is 9.60. The van der Waals surface area contributed by atoms with E-state index in [1.807, 2.05) is 0 Å². The molecule has 102 valence electrons. The summed E-state index contributed by atoms with van der Waals surface area (Å²) in [5, 5.41) is 19.3. The van der Waals surface area contributed by atoms with E-state index in [0.29, 0.717) is 29.1 Å². The maximum Gasteiger partial charge on any atom is 0.259 e. The lowest BCUT2D eigenvalue weighted by molar-refractivity contribution is 0.0996. The molecule has 0 spiro atoms. The molecule has 0 radical (unpaired) electrons. The number of benzene rings is 2. The zero-order chi connectivity index (χ0) is 14.3. The number of hydrogen-bond donors (Lipinski definition) is 2. The first-order valence-electron chi connectivity index (χ1n) is 6.11. The summed E-state index contributed by atoms with van der Waals surface area (Å²) >= 11 is 0. The fraction of sp³-hybridized carbons (Fsp3) is 0.133. The van der Waals surface area contributed by atoms with E-state index in [9.17, 15) is 15.0 Å². The van der Waals surface area contributed by atoms with Gasteiger partial charge in [-0.3, -0.25) is 4.79 Å². The lowest BCUT2D eigenvalue weighted by Crippen LogP contribution is -2.22. The van der Waals surface area contributed by atoms with Crippen molar-refractivity contribution in [2.75, 3.05) is 12.0 Å². The van der Waals surface area contributed by atoms with Gasteiger partial charge in [-0.1, -0.05) is 0 Å². The zero-order valence-electron chi connectivity index (χ0n) is 10.8. The average Bonchev–Trinajstić information content (AvgIpc) is 2.78. The number of anilines is 1. The molecule has 5 nitrogen and oxygen atoms in total. The summed E-state index contributed by atoms with van der Waals surface area (Å²) in [6.07, 6.45) is 0. The Labute approximate surface area is 115 Å². The highest BCUT2D eigenvalue weighted by Gasteiger charge is 2.31. The number of hydrogen-bond acceptors (Lipinski definition) is 4. The number of phenols is 2. The van der Waals surface area contributed by atoms with E-state index < -0.39 is 0 Å². The van der Waals surface area contributed by atoms with Gasteiger partial charge < -0.3 is 19.8 Å². The number of fused-ring (bicyclic) bond motifs is 1. The topological polar surface area (TPSA) is 70.0 Å². The van der Waals surface area contributed by atoms with Crippen LogP contribution in [-0.4, -0.2) is 23.2 Å². The smallest absolute Gasteiger partial charge is 0.259 e. The highest BCUT2D eigenvalue weighted by atomic mass is 16.5. The van der Waals surface area contributed by atoms with Gasteiger partial charge in [0.15, 0.2) is 0 Å². The van der Waals surface area contributed by atoms with Gasteiger partial charge in [-0.15, -0.1) is 0 Å². The molecule has 1 aliphatic rings. The maximum atomic E-state index is 12.4. The fourth-order valence-corrected chi connectivity index (χ4v) is 2.32. The number of phenolic OH excluding ortho intramolecular Hbond substituents is 2. The van der Waals surface area contributed by atoms with Gasteiger partial charge in [0, 0.05) is 17.3 Å². The maximum absolute atomic E-state index is 12.4. The van der Waals surface area contributed by atoms with Crippen LogP contribution in [-0.2, 0) is 6.54 Å². The average molecular weight is 271 g/mol. The minimum Gasteiger partial charge on any atom is -0.508 e. The second-order valence-electron chi connectivity index (χ2n) is 4.58. The Morgan fingerprint density at radius 1 is 1.15 bits per heavy atom. The van der Waals surface area contributed by atoms with Gasteiger partial charge in [-0.25, -0.2) is 0 Å².